The Labute approximate surface area is 178 Å². The number of nitrogens with one attached hydrogen (secondary N) is 1. The molecule has 166 valence electrons. The Bertz CT molecular complexity index is 930. The first-order chi connectivity index (χ1) is 14.8. The lowest BCUT2D eigenvalue weighted by molar-refractivity contribution is -0.137. The number of aliphatic hydroxyl groups is 1. The van der Waals surface area contributed by atoms with Gasteiger partial charge < -0.3 is 15.3 Å². The highest BCUT2D eigenvalue weighted by molar-refractivity contribution is 5.87. The van der Waals surface area contributed by atoms with Gasteiger partial charge in [0.05, 0.1) is 11.0 Å². The summed E-state index contributed by atoms with van der Waals surface area (Å²) >= 11 is 0. The van der Waals surface area contributed by atoms with Gasteiger partial charge in [-0.2, -0.15) is 13.2 Å². The van der Waals surface area contributed by atoms with Crippen molar-refractivity contribution < 1.29 is 23.1 Å². The average Bonchev–Trinajstić information content (AvgIpc) is 3.39. The first kappa shape index (κ1) is 21.5. The molecule has 2 aliphatic rings. The number of carbonyl (C=O) groups excluding carboxylic acids is 1. The number of alkyl halides is 3. The standard InChI is InChI=1S/C22H25F3N4O2/c23-22(24,25)17-4-1-3-16(13-17)14-28-18(31)21(7-12-30)15-20(21)5-10-29(11-6-20)19-26-8-2-9-27-19/h1-4,8-9,13,30H,5-7,10-12,14-15H2,(H,28,31). The van der Waals surface area contributed by atoms with Crippen LogP contribution < -0.4 is 10.2 Å². The van der Waals surface area contributed by atoms with Crippen LogP contribution in [0.3, 0.4) is 0 Å². The van der Waals surface area contributed by atoms with E-state index in [1.807, 2.05) is 0 Å². The van der Waals surface area contributed by atoms with Crippen LogP contribution in [0.2, 0.25) is 0 Å². The van der Waals surface area contributed by atoms with Crippen LogP contribution in [0, 0.1) is 10.8 Å². The van der Waals surface area contributed by atoms with Gasteiger partial charge in [0.2, 0.25) is 11.9 Å². The van der Waals surface area contributed by atoms with E-state index in [2.05, 4.69) is 20.2 Å². The maximum Gasteiger partial charge on any atom is 0.416 e. The van der Waals surface area contributed by atoms with Gasteiger partial charge in [-0.25, -0.2) is 9.97 Å². The molecule has 0 bridgehead atoms. The maximum absolute atomic E-state index is 13.1. The quantitative estimate of drug-likeness (QED) is 0.730. The molecule has 1 saturated heterocycles. The molecule has 1 saturated carbocycles. The number of halogens is 3. The number of benzene rings is 1. The van der Waals surface area contributed by atoms with Gasteiger partial charge in [-0.1, -0.05) is 12.1 Å². The molecule has 1 aromatic carbocycles. The molecule has 1 aliphatic carbocycles. The molecule has 2 N–H and O–H groups in total. The number of rotatable bonds is 6. The van der Waals surface area contributed by atoms with Crippen molar-refractivity contribution in [3.05, 3.63) is 53.9 Å². The van der Waals surface area contributed by atoms with Crippen molar-refractivity contribution in [1.82, 2.24) is 15.3 Å². The van der Waals surface area contributed by atoms with Crippen LogP contribution in [0.1, 0.15) is 36.8 Å². The fourth-order valence-electron chi connectivity index (χ4n) is 4.97. The van der Waals surface area contributed by atoms with Crippen LogP contribution in [0.15, 0.2) is 42.7 Å². The van der Waals surface area contributed by atoms with Crippen molar-refractivity contribution in [2.24, 2.45) is 10.8 Å². The molecule has 1 aliphatic heterocycles. The van der Waals surface area contributed by atoms with Crippen molar-refractivity contribution >= 4 is 11.9 Å². The third kappa shape index (κ3) is 4.11. The van der Waals surface area contributed by atoms with Gasteiger partial charge in [0.25, 0.3) is 0 Å². The number of nitrogens with zero attached hydrogens (tertiary/aromatic N) is 3. The van der Waals surface area contributed by atoms with Gasteiger partial charge in [0, 0.05) is 38.6 Å². The smallest absolute Gasteiger partial charge is 0.396 e. The van der Waals surface area contributed by atoms with Crippen LogP contribution >= 0.6 is 0 Å². The lowest BCUT2D eigenvalue weighted by Gasteiger charge is -2.35. The van der Waals surface area contributed by atoms with E-state index in [4.69, 9.17) is 0 Å². The van der Waals surface area contributed by atoms with Crippen molar-refractivity contribution in [1.29, 1.82) is 0 Å². The molecule has 1 spiro atoms. The van der Waals surface area contributed by atoms with E-state index in [1.165, 1.54) is 6.07 Å². The van der Waals surface area contributed by atoms with Crippen molar-refractivity contribution in [2.45, 2.75) is 38.4 Å². The second-order valence-electron chi connectivity index (χ2n) is 8.43. The van der Waals surface area contributed by atoms with Crippen molar-refractivity contribution in [2.75, 3.05) is 24.6 Å². The first-order valence-corrected chi connectivity index (χ1v) is 10.4. The molecular formula is C22H25F3N4O2. The molecule has 1 aromatic heterocycles. The number of hydrogen-bond acceptors (Lipinski definition) is 5. The second kappa shape index (κ2) is 8.11. The minimum atomic E-state index is -4.42. The zero-order valence-electron chi connectivity index (χ0n) is 17.0. The lowest BCUT2D eigenvalue weighted by Crippen LogP contribution is -2.42. The largest absolute Gasteiger partial charge is 0.416 e. The van der Waals surface area contributed by atoms with E-state index in [-0.39, 0.29) is 24.5 Å². The minimum absolute atomic E-state index is 0.0238. The summed E-state index contributed by atoms with van der Waals surface area (Å²) in [5.41, 5.74) is -1.21. The number of aromatic nitrogens is 2. The molecule has 4 rings (SSSR count). The van der Waals surface area contributed by atoms with Gasteiger partial charge in [-0.05, 0) is 54.9 Å². The van der Waals surface area contributed by atoms with Gasteiger partial charge >= 0.3 is 6.18 Å². The molecule has 6 nitrogen and oxygen atoms in total. The summed E-state index contributed by atoms with van der Waals surface area (Å²) in [4.78, 5) is 23.8. The highest BCUT2D eigenvalue weighted by Crippen LogP contribution is 2.70. The van der Waals surface area contributed by atoms with E-state index in [1.54, 1.807) is 24.5 Å². The van der Waals surface area contributed by atoms with Gasteiger partial charge in [0.1, 0.15) is 0 Å². The number of amides is 1. The molecule has 1 amide bonds. The number of aliphatic hydroxyl groups excluding tert-OH is 1. The SMILES string of the molecule is O=C(NCc1cccc(C(F)(F)F)c1)C1(CCO)CC12CCN(c1ncccn1)CC2. The van der Waals surface area contributed by atoms with Crippen LogP contribution in [-0.2, 0) is 17.5 Å². The Morgan fingerprint density at radius 2 is 1.87 bits per heavy atom. The fourth-order valence-corrected chi connectivity index (χ4v) is 4.97. The van der Waals surface area contributed by atoms with Crippen molar-refractivity contribution in [3.8, 4) is 0 Å². The Morgan fingerprint density at radius 3 is 2.52 bits per heavy atom. The summed E-state index contributed by atoms with van der Waals surface area (Å²) in [6, 6.07) is 6.73. The van der Waals surface area contributed by atoms with Crippen LogP contribution in [0.4, 0.5) is 19.1 Å². The molecule has 2 aromatic rings. The number of hydrogen-bond donors (Lipinski definition) is 2. The predicted octanol–water partition coefficient (Wildman–Crippen LogP) is 3.17. The molecule has 0 radical (unpaired) electrons. The highest BCUT2D eigenvalue weighted by atomic mass is 19.4. The molecule has 31 heavy (non-hydrogen) atoms. The summed E-state index contributed by atoms with van der Waals surface area (Å²) in [5.74, 6) is 0.475. The monoisotopic (exact) mass is 434 g/mol. The van der Waals surface area contributed by atoms with E-state index >= 15 is 0 Å². The minimum Gasteiger partial charge on any atom is -0.396 e. The van der Waals surface area contributed by atoms with Crippen LogP contribution in [-0.4, -0.2) is 40.7 Å². The Hall–Kier alpha value is -2.68. The number of anilines is 1. The summed E-state index contributed by atoms with van der Waals surface area (Å²) in [6.07, 6.45) is 1.56. The zero-order valence-corrected chi connectivity index (χ0v) is 17.0. The third-order valence-corrected chi connectivity index (χ3v) is 6.77. The zero-order chi connectivity index (χ0) is 22.1. The normalized spacial score (nSPS) is 22.4. The molecule has 9 heteroatoms. The lowest BCUT2D eigenvalue weighted by atomic mass is 9.81. The summed E-state index contributed by atoms with van der Waals surface area (Å²) < 4.78 is 38.8. The number of piperidine rings is 1. The van der Waals surface area contributed by atoms with E-state index in [0.717, 1.165) is 38.1 Å². The Kier molecular flexibility index (Phi) is 5.63. The summed E-state index contributed by atoms with van der Waals surface area (Å²) in [7, 11) is 0. The maximum atomic E-state index is 13.1. The van der Waals surface area contributed by atoms with E-state index in [9.17, 15) is 23.1 Å². The predicted molar refractivity (Wildman–Crippen MR) is 108 cm³/mol. The molecule has 2 heterocycles. The van der Waals surface area contributed by atoms with Crippen molar-refractivity contribution in [3.63, 3.8) is 0 Å². The van der Waals surface area contributed by atoms with Gasteiger partial charge in [0.15, 0.2) is 0 Å². The topological polar surface area (TPSA) is 78.4 Å². The summed E-state index contributed by atoms with van der Waals surface area (Å²) in [5, 5.41) is 12.4. The number of carbonyl (C=O) groups is 1. The molecule has 2 fully saturated rings. The fraction of sp³-hybridized carbons (Fsp3) is 0.500. The van der Waals surface area contributed by atoms with Gasteiger partial charge in [-0.3, -0.25) is 4.79 Å². The van der Waals surface area contributed by atoms with Gasteiger partial charge in [-0.15, -0.1) is 0 Å². The average molecular weight is 434 g/mol. The third-order valence-electron chi connectivity index (χ3n) is 6.77. The first-order valence-electron chi connectivity index (χ1n) is 10.4. The summed E-state index contributed by atoms with van der Waals surface area (Å²) in [6.45, 7) is 1.36. The van der Waals surface area contributed by atoms with Crippen LogP contribution in [0.5, 0.6) is 0 Å². The Morgan fingerprint density at radius 1 is 1.16 bits per heavy atom. The highest BCUT2D eigenvalue weighted by Gasteiger charge is 2.70. The van der Waals surface area contributed by atoms with E-state index in [0.29, 0.717) is 24.4 Å². The second-order valence-corrected chi connectivity index (χ2v) is 8.43. The molecule has 1 atom stereocenters. The molecular weight excluding hydrogens is 409 g/mol. The van der Waals surface area contributed by atoms with E-state index < -0.39 is 17.2 Å². The van der Waals surface area contributed by atoms with Crippen LogP contribution in [0.25, 0.3) is 0 Å². The molecule has 1 unspecified atom stereocenters. The Balaban J connectivity index is 1.41.